The van der Waals surface area contributed by atoms with E-state index in [9.17, 15) is 23.1 Å². The Bertz CT molecular complexity index is 1040. The second-order valence-corrected chi connectivity index (χ2v) is 5.36. The van der Waals surface area contributed by atoms with E-state index in [1.807, 2.05) is 0 Å². The molecule has 0 saturated heterocycles. The Kier molecular flexibility index (Phi) is 4.22. The van der Waals surface area contributed by atoms with Gasteiger partial charge in [-0.25, -0.2) is 4.79 Å². The van der Waals surface area contributed by atoms with Crippen molar-refractivity contribution in [1.82, 2.24) is 0 Å². The Morgan fingerprint density at radius 1 is 1.04 bits per heavy atom. The average Bonchev–Trinajstić information content (AvgIpc) is 2.55. The van der Waals surface area contributed by atoms with Crippen LogP contribution < -0.4 is 5.63 Å². The van der Waals surface area contributed by atoms with Crippen LogP contribution in [0.5, 0.6) is 5.95 Å². The first-order chi connectivity index (χ1) is 11.8. The monoisotopic (exact) mass is 368 g/mol. The van der Waals surface area contributed by atoms with Gasteiger partial charge in [-0.15, -0.1) is 5.11 Å². The minimum Gasteiger partial charge on any atom is -0.480 e. The summed E-state index contributed by atoms with van der Waals surface area (Å²) < 4.78 is 43.2. The smallest absolute Gasteiger partial charge is 0.417 e. The number of nitrogens with zero attached hydrogens (tertiary/aromatic N) is 2. The van der Waals surface area contributed by atoms with E-state index in [1.54, 1.807) is 12.1 Å². The quantitative estimate of drug-likeness (QED) is 0.599. The standard InChI is InChI=1S/C16H8ClF3N2O3/c17-12-6-5-8(7-11(12)16(18,19)20)21-22-13-9-3-1-2-4-10(9)14(23)25-15(13)24/h1-7,23H. The van der Waals surface area contributed by atoms with Gasteiger partial charge in [0.05, 0.1) is 21.7 Å². The van der Waals surface area contributed by atoms with Gasteiger partial charge in [0, 0.05) is 5.39 Å². The van der Waals surface area contributed by atoms with Gasteiger partial charge in [0.2, 0.25) is 0 Å². The van der Waals surface area contributed by atoms with Crippen molar-refractivity contribution in [1.29, 1.82) is 0 Å². The molecule has 3 rings (SSSR count). The first kappa shape index (κ1) is 17.0. The van der Waals surface area contributed by atoms with Crippen LogP contribution in [0.1, 0.15) is 5.56 Å². The molecular formula is C16H8ClF3N2O3. The highest BCUT2D eigenvalue weighted by Crippen LogP contribution is 2.37. The predicted molar refractivity (Wildman–Crippen MR) is 84.8 cm³/mol. The first-order valence-corrected chi connectivity index (χ1v) is 7.18. The van der Waals surface area contributed by atoms with E-state index in [1.165, 1.54) is 18.2 Å². The van der Waals surface area contributed by atoms with E-state index >= 15 is 0 Å². The Morgan fingerprint density at radius 3 is 2.40 bits per heavy atom. The van der Waals surface area contributed by atoms with Crippen molar-refractivity contribution in [2.24, 2.45) is 10.2 Å². The van der Waals surface area contributed by atoms with Crippen LogP contribution in [0.4, 0.5) is 24.5 Å². The maximum atomic E-state index is 12.9. The number of alkyl halides is 3. The van der Waals surface area contributed by atoms with Crippen LogP contribution in [0.15, 0.2) is 61.9 Å². The summed E-state index contributed by atoms with van der Waals surface area (Å²) >= 11 is 5.53. The zero-order chi connectivity index (χ0) is 18.2. The van der Waals surface area contributed by atoms with Crippen molar-refractivity contribution in [3.8, 4) is 5.95 Å². The van der Waals surface area contributed by atoms with Crippen molar-refractivity contribution >= 4 is 33.7 Å². The number of benzene rings is 2. The molecule has 128 valence electrons. The Hall–Kier alpha value is -2.87. The van der Waals surface area contributed by atoms with Crippen LogP contribution >= 0.6 is 11.6 Å². The van der Waals surface area contributed by atoms with Gasteiger partial charge in [0.25, 0.3) is 5.95 Å². The predicted octanol–water partition coefficient (Wildman–Crippen LogP) is 5.59. The van der Waals surface area contributed by atoms with Gasteiger partial charge in [-0.2, -0.15) is 18.3 Å². The molecular weight excluding hydrogens is 361 g/mol. The molecule has 0 fully saturated rings. The third-order valence-electron chi connectivity index (χ3n) is 3.32. The molecule has 1 aromatic heterocycles. The zero-order valence-corrected chi connectivity index (χ0v) is 13.0. The Balaban J connectivity index is 2.10. The summed E-state index contributed by atoms with van der Waals surface area (Å²) in [6, 6.07) is 9.19. The molecule has 0 aliphatic rings. The molecule has 2 aromatic carbocycles. The highest BCUT2D eigenvalue weighted by Gasteiger charge is 2.33. The summed E-state index contributed by atoms with van der Waals surface area (Å²) in [6.07, 6.45) is -4.65. The van der Waals surface area contributed by atoms with Gasteiger partial charge in [0.1, 0.15) is 0 Å². The summed E-state index contributed by atoms with van der Waals surface area (Å²) in [5.41, 5.74) is -2.41. The second kappa shape index (κ2) is 6.21. The zero-order valence-electron chi connectivity index (χ0n) is 12.2. The fraction of sp³-hybridized carbons (Fsp3) is 0.0625. The normalized spacial score (nSPS) is 12.2. The number of hydrogen-bond acceptors (Lipinski definition) is 5. The molecule has 9 heteroatoms. The minimum atomic E-state index is -4.65. The van der Waals surface area contributed by atoms with Crippen LogP contribution in [0.3, 0.4) is 0 Å². The third-order valence-corrected chi connectivity index (χ3v) is 3.65. The van der Waals surface area contributed by atoms with Gasteiger partial charge < -0.3 is 9.52 Å². The van der Waals surface area contributed by atoms with Crippen LogP contribution in [0.2, 0.25) is 5.02 Å². The summed E-state index contributed by atoms with van der Waals surface area (Å²) in [5.74, 6) is -0.578. The number of fused-ring (bicyclic) bond motifs is 1. The molecule has 0 aliphatic heterocycles. The number of azo groups is 1. The summed E-state index contributed by atoms with van der Waals surface area (Å²) in [5, 5.41) is 17.0. The van der Waals surface area contributed by atoms with Crippen molar-refractivity contribution in [3.63, 3.8) is 0 Å². The van der Waals surface area contributed by atoms with Crippen LogP contribution in [-0.2, 0) is 6.18 Å². The van der Waals surface area contributed by atoms with Crippen molar-refractivity contribution < 1.29 is 22.7 Å². The van der Waals surface area contributed by atoms with Crippen molar-refractivity contribution in [2.45, 2.75) is 6.18 Å². The first-order valence-electron chi connectivity index (χ1n) is 6.80. The lowest BCUT2D eigenvalue weighted by Crippen LogP contribution is -2.05. The third kappa shape index (κ3) is 3.34. The van der Waals surface area contributed by atoms with E-state index < -0.39 is 28.3 Å². The fourth-order valence-corrected chi connectivity index (χ4v) is 2.40. The topological polar surface area (TPSA) is 75.2 Å². The van der Waals surface area contributed by atoms with Gasteiger partial charge in [-0.05, 0) is 24.3 Å². The molecule has 25 heavy (non-hydrogen) atoms. The molecule has 0 aliphatic carbocycles. The number of halogens is 4. The van der Waals surface area contributed by atoms with Gasteiger partial charge >= 0.3 is 11.8 Å². The van der Waals surface area contributed by atoms with Gasteiger partial charge in [0.15, 0.2) is 5.69 Å². The Labute approximate surface area is 143 Å². The van der Waals surface area contributed by atoms with E-state index in [2.05, 4.69) is 14.6 Å². The van der Waals surface area contributed by atoms with E-state index in [0.29, 0.717) is 0 Å². The average molecular weight is 369 g/mol. The highest BCUT2D eigenvalue weighted by atomic mass is 35.5. The summed E-state index contributed by atoms with van der Waals surface area (Å²) in [7, 11) is 0. The number of hydrogen-bond donors (Lipinski definition) is 1. The molecule has 1 N–H and O–H groups in total. The van der Waals surface area contributed by atoms with Crippen LogP contribution in [0, 0.1) is 0 Å². The summed E-state index contributed by atoms with van der Waals surface area (Å²) in [4.78, 5) is 11.9. The molecule has 0 bridgehead atoms. The maximum absolute atomic E-state index is 12.9. The van der Waals surface area contributed by atoms with Crippen molar-refractivity contribution in [2.75, 3.05) is 0 Å². The SMILES string of the molecule is O=c1oc(O)c2ccccc2c1N=Nc1ccc(Cl)c(C(F)(F)F)c1. The molecule has 0 spiro atoms. The molecule has 0 unspecified atom stereocenters. The van der Waals surface area contributed by atoms with E-state index in [4.69, 9.17) is 11.6 Å². The largest absolute Gasteiger partial charge is 0.480 e. The number of aromatic hydroxyl groups is 1. The van der Waals surface area contributed by atoms with E-state index in [-0.39, 0.29) is 22.1 Å². The molecule has 1 heterocycles. The Morgan fingerprint density at radius 2 is 1.72 bits per heavy atom. The molecule has 0 amide bonds. The molecule has 0 radical (unpaired) electrons. The fourth-order valence-electron chi connectivity index (χ4n) is 2.17. The molecule has 5 nitrogen and oxygen atoms in total. The van der Waals surface area contributed by atoms with Crippen LogP contribution in [0.25, 0.3) is 10.8 Å². The second-order valence-electron chi connectivity index (χ2n) is 4.95. The lowest BCUT2D eigenvalue weighted by molar-refractivity contribution is -0.137. The summed E-state index contributed by atoms with van der Waals surface area (Å²) in [6.45, 7) is 0. The molecule has 3 aromatic rings. The number of rotatable bonds is 2. The highest BCUT2D eigenvalue weighted by molar-refractivity contribution is 6.31. The molecule has 0 saturated carbocycles. The van der Waals surface area contributed by atoms with Crippen molar-refractivity contribution in [3.05, 3.63) is 63.5 Å². The lowest BCUT2D eigenvalue weighted by atomic mass is 10.1. The van der Waals surface area contributed by atoms with E-state index in [0.717, 1.165) is 12.1 Å². The maximum Gasteiger partial charge on any atom is 0.417 e. The lowest BCUT2D eigenvalue weighted by Gasteiger charge is -2.08. The minimum absolute atomic E-state index is 0.145. The van der Waals surface area contributed by atoms with Gasteiger partial charge in [-0.1, -0.05) is 29.8 Å². The van der Waals surface area contributed by atoms with Crippen LogP contribution in [-0.4, -0.2) is 5.11 Å². The van der Waals surface area contributed by atoms with Gasteiger partial charge in [-0.3, -0.25) is 0 Å². The molecule has 0 atom stereocenters.